The minimum atomic E-state index is -0.345. The summed E-state index contributed by atoms with van der Waals surface area (Å²) in [6.45, 7) is 2.10. The molecule has 1 saturated carbocycles. The molecule has 1 aliphatic heterocycles. The van der Waals surface area contributed by atoms with Gasteiger partial charge in [0.25, 0.3) is 11.8 Å². The summed E-state index contributed by atoms with van der Waals surface area (Å²) in [7, 11) is 0. The Morgan fingerprint density at radius 2 is 2.00 bits per heavy atom. The lowest BCUT2D eigenvalue weighted by Gasteiger charge is -2.13. The number of imide groups is 1. The SMILES string of the molecule is O=C(CCN1C(=O)c2ccc(Br)cc2C1=O)NCCCOCC1CC1. The summed E-state index contributed by atoms with van der Waals surface area (Å²) < 4.78 is 6.25. The van der Waals surface area contributed by atoms with Gasteiger partial charge in [-0.2, -0.15) is 0 Å². The Morgan fingerprint density at radius 1 is 1.24 bits per heavy atom. The molecule has 1 N–H and O–H groups in total. The van der Waals surface area contributed by atoms with E-state index in [9.17, 15) is 14.4 Å². The molecule has 1 heterocycles. The van der Waals surface area contributed by atoms with Gasteiger partial charge in [0.2, 0.25) is 5.91 Å². The number of nitrogens with one attached hydrogen (secondary N) is 1. The number of nitrogens with zero attached hydrogens (tertiary/aromatic N) is 1. The smallest absolute Gasteiger partial charge is 0.261 e. The average molecular weight is 409 g/mol. The molecule has 0 saturated heterocycles. The first-order valence-corrected chi connectivity index (χ1v) is 9.36. The van der Waals surface area contributed by atoms with Crippen LogP contribution in [0.25, 0.3) is 0 Å². The molecule has 3 rings (SSSR count). The van der Waals surface area contributed by atoms with Gasteiger partial charge >= 0.3 is 0 Å². The molecule has 1 fully saturated rings. The van der Waals surface area contributed by atoms with E-state index in [1.807, 2.05) is 0 Å². The van der Waals surface area contributed by atoms with Crippen LogP contribution in [0.15, 0.2) is 22.7 Å². The Morgan fingerprint density at radius 3 is 2.76 bits per heavy atom. The summed E-state index contributed by atoms with van der Waals surface area (Å²) >= 11 is 3.30. The molecule has 6 nitrogen and oxygen atoms in total. The molecule has 7 heteroatoms. The molecule has 25 heavy (non-hydrogen) atoms. The van der Waals surface area contributed by atoms with E-state index in [1.165, 1.54) is 12.8 Å². The van der Waals surface area contributed by atoms with Gasteiger partial charge in [-0.05, 0) is 43.4 Å². The predicted molar refractivity (Wildman–Crippen MR) is 95.3 cm³/mol. The molecule has 1 aromatic carbocycles. The molecule has 134 valence electrons. The molecule has 0 radical (unpaired) electrons. The molecule has 1 aliphatic carbocycles. The second-order valence-corrected chi connectivity index (χ2v) is 7.34. The summed E-state index contributed by atoms with van der Waals surface area (Å²) in [6, 6.07) is 4.99. The normalized spacial score (nSPS) is 16.3. The van der Waals surface area contributed by atoms with Gasteiger partial charge in [-0.1, -0.05) is 15.9 Å². The summed E-state index contributed by atoms with van der Waals surface area (Å²) in [6.07, 6.45) is 3.41. The predicted octanol–water partition coefficient (Wildman–Crippen LogP) is 2.37. The first kappa shape index (κ1) is 18.1. The average Bonchev–Trinajstić information content (AvgIpc) is 3.38. The van der Waals surface area contributed by atoms with Gasteiger partial charge < -0.3 is 10.1 Å². The molecule has 0 aromatic heterocycles. The third-order valence-corrected chi connectivity index (χ3v) is 4.83. The van der Waals surface area contributed by atoms with E-state index in [4.69, 9.17) is 4.74 Å². The van der Waals surface area contributed by atoms with E-state index >= 15 is 0 Å². The molecule has 2 aliphatic rings. The zero-order chi connectivity index (χ0) is 17.8. The van der Waals surface area contributed by atoms with Gasteiger partial charge in [-0.15, -0.1) is 0 Å². The number of fused-ring (bicyclic) bond motifs is 1. The quantitative estimate of drug-likeness (QED) is 0.502. The third-order valence-electron chi connectivity index (χ3n) is 4.33. The van der Waals surface area contributed by atoms with Crippen LogP contribution >= 0.6 is 15.9 Å². The molecule has 1 aromatic rings. The molecule has 3 amide bonds. The minimum Gasteiger partial charge on any atom is -0.381 e. The third kappa shape index (κ3) is 4.67. The van der Waals surface area contributed by atoms with Gasteiger partial charge in [0.15, 0.2) is 0 Å². The van der Waals surface area contributed by atoms with Crippen molar-refractivity contribution in [2.45, 2.75) is 25.7 Å². The van der Waals surface area contributed by atoms with Gasteiger partial charge in [0.05, 0.1) is 11.1 Å². The topological polar surface area (TPSA) is 75.7 Å². The summed E-state index contributed by atoms with van der Waals surface area (Å²) in [5.74, 6) is -0.105. The highest BCUT2D eigenvalue weighted by Gasteiger charge is 2.35. The number of carbonyl (C=O) groups excluding carboxylic acids is 3. The van der Waals surface area contributed by atoms with Crippen molar-refractivity contribution in [3.05, 3.63) is 33.8 Å². The molecular formula is C18H21BrN2O4. The van der Waals surface area contributed by atoms with Crippen molar-refractivity contribution >= 4 is 33.7 Å². The van der Waals surface area contributed by atoms with Crippen LogP contribution in [0.3, 0.4) is 0 Å². The molecule has 0 atom stereocenters. The molecule has 0 unspecified atom stereocenters. The van der Waals surface area contributed by atoms with Gasteiger partial charge in [-0.25, -0.2) is 0 Å². The number of hydrogen-bond donors (Lipinski definition) is 1. The summed E-state index contributed by atoms with van der Waals surface area (Å²) in [5, 5.41) is 2.79. The van der Waals surface area contributed by atoms with Crippen LogP contribution in [0.2, 0.25) is 0 Å². The highest BCUT2D eigenvalue weighted by molar-refractivity contribution is 9.10. The Balaban J connectivity index is 1.37. The van der Waals surface area contributed by atoms with Crippen molar-refractivity contribution in [2.75, 3.05) is 26.3 Å². The van der Waals surface area contributed by atoms with Crippen LogP contribution in [0.1, 0.15) is 46.4 Å². The Bertz CT molecular complexity index is 688. The van der Waals surface area contributed by atoms with Crippen molar-refractivity contribution in [1.29, 1.82) is 0 Å². The first-order chi connectivity index (χ1) is 12.1. The number of amides is 3. The highest BCUT2D eigenvalue weighted by atomic mass is 79.9. The zero-order valence-corrected chi connectivity index (χ0v) is 15.5. The van der Waals surface area contributed by atoms with E-state index < -0.39 is 0 Å². The van der Waals surface area contributed by atoms with Crippen LogP contribution in [0, 0.1) is 5.92 Å². The van der Waals surface area contributed by atoms with E-state index in [2.05, 4.69) is 21.2 Å². The second kappa shape index (κ2) is 8.10. The molecule has 0 bridgehead atoms. The lowest BCUT2D eigenvalue weighted by molar-refractivity contribution is -0.121. The van der Waals surface area contributed by atoms with E-state index in [1.54, 1.807) is 18.2 Å². The largest absolute Gasteiger partial charge is 0.381 e. The molecule has 0 spiro atoms. The monoisotopic (exact) mass is 408 g/mol. The van der Waals surface area contributed by atoms with Crippen LogP contribution in [-0.4, -0.2) is 48.9 Å². The number of rotatable bonds is 9. The maximum Gasteiger partial charge on any atom is 0.261 e. The number of ether oxygens (including phenoxy) is 1. The standard InChI is InChI=1S/C18H21BrN2O4/c19-13-4-5-14-15(10-13)18(24)21(17(14)23)8-6-16(22)20-7-1-9-25-11-12-2-3-12/h4-5,10,12H,1-3,6-9,11H2,(H,20,22). The van der Waals surface area contributed by atoms with Crippen molar-refractivity contribution in [3.63, 3.8) is 0 Å². The fourth-order valence-corrected chi connectivity index (χ4v) is 3.07. The van der Waals surface area contributed by atoms with Gasteiger partial charge in [-0.3, -0.25) is 19.3 Å². The first-order valence-electron chi connectivity index (χ1n) is 8.56. The summed E-state index contributed by atoms with van der Waals surface area (Å²) in [5.41, 5.74) is 0.772. The van der Waals surface area contributed by atoms with Crippen LogP contribution in [-0.2, 0) is 9.53 Å². The lowest BCUT2D eigenvalue weighted by atomic mass is 10.1. The fraction of sp³-hybridized carbons (Fsp3) is 0.500. The number of benzene rings is 1. The number of hydrogen-bond acceptors (Lipinski definition) is 4. The highest BCUT2D eigenvalue weighted by Crippen LogP contribution is 2.28. The zero-order valence-electron chi connectivity index (χ0n) is 13.9. The maximum atomic E-state index is 12.3. The molecular weight excluding hydrogens is 388 g/mol. The summed E-state index contributed by atoms with van der Waals surface area (Å²) in [4.78, 5) is 37.6. The Kier molecular flexibility index (Phi) is 5.86. The van der Waals surface area contributed by atoms with E-state index in [0.29, 0.717) is 24.3 Å². The number of halogens is 1. The van der Waals surface area contributed by atoms with Crippen LogP contribution < -0.4 is 5.32 Å². The van der Waals surface area contributed by atoms with Crippen molar-refractivity contribution in [3.8, 4) is 0 Å². The maximum absolute atomic E-state index is 12.3. The van der Waals surface area contributed by atoms with Crippen molar-refractivity contribution in [2.24, 2.45) is 5.92 Å². The van der Waals surface area contributed by atoms with E-state index in [-0.39, 0.29) is 30.7 Å². The van der Waals surface area contributed by atoms with Crippen LogP contribution in [0.4, 0.5) is 0 Å². The van der Waals surface area contributed by atoms with Crippen molar-refractivity contribution in [1.82, 2.24) is 10.2 Å². The Hall–Kier alpha value is -1.73. The lowest BCUT2D eigenvalue weighted by Crippen LogP contribution is -2.35. The van der Waals surface area contributed by atoms with Crippen LogP contribution in [0.5, 0.6) is 0 Å². The fourth-order valence-electron chi connectivity index (χ4n) is 2.70. The number of carbonyl (C=O) groups is 3. The van der Waals surface area contributed by atoms with Gasteiger partial charge in [0.1, 0.15) is 0 Å². The second-order valence-electron chi connectivity index (χ2n) is 6.42. The van der Waals surface area contributed by atoms with Gasteiger partial charge in [0, 0.05) is 37.2 Å². The van der Waals surface area contributed by atoms with E-state index in [0.717, 1.165) is 28.3 Å². The Labute approximate surface area is 155 Å². The minimum absolute atomic E-state index is 0.0912. The van der Waals surface area contributed by atoms with Crippen molar-refractivity contribution < 1.29 is 19.1 Å².